The number of aryl methyl sites for hydroxylation is 1. The Kier molecular flexibility index (Phi) is 3.69. The maximum Gasteiger partial charge on any atom is 0.181 e. The van der Waals surface area contributed by atoms with Gasteiger partial charge in [-0.25, -0.2) is 0 Å². The highest BCUT2D eigenvalue weighted by Crippen LogP contribution is 2.23. The Morgan fingerprint density at radius 3 is 2.62 bits per heavy atom. The van der Waals surface area contributed by atoms with E-state index in [4.69, 9.17) is 0 Å². The van der Waals surface area contributed by atoms with Gasteiger partial charge in [-0.3, -0.25) is 4.79 Å². The lowest BCUT2D eigenvalue weighted by Gasteiger charge is -2.07. The van der Waals surface area contributed by atoms with Crippen LogP contribution in [0.15, 0.2) is 48.1 Å². The van der Waals surface area contributed by atoms with Crippen LogP contribution < -0.4 is 5.30 Å². The Labute approximate surface area is 98.0 Å². The minimum atomic E-state index is 0.264. The van der Waals surface area contributed by atoms with Gasteiger partial charge in [0.2, 0.25) is 0 Å². The highest BCUT2D eigenvalue weighted by atomic mass is 31.1. The van der Waals surface area contributed by atoms with Gasteiger partial charge in [-0.1, -0.05) is 48.1 Å². The first-order valence-electron chi connectivity index (χ1n) is 5.49. The molecule has 0 bridgehead atoms. The van der Waals surface area contributed by atoms with Crippen LogP contribution in [0.2, 0.25) is 0 Å². The molecule has 0 radical (unpaired) electrons. The molecule has 1 aromatic carbocycles. The van der Waals surface area contributed by atoms with Gasteiger partial charge in [0, 0.05) is 0 Å². The first-order valence-corrected chi connectivity index (χ1v) is 6.49. The first-order chi connectivity index (χ1) is 7.75. The van der Waals surface area contributed by atoms with Crippen molar-refractivity contribution in [3.8, 4) is 0 Å². The van der Waals surface area contributed by atoms with Crippen molar-refractivity contribution in [2.45, 2.75) is 19.8 Å². The van der Waals surface area contributed by atoms with E-state index < -0.39 is 0 Å². The minimum absolute atomic E-state index is 0.264. The molecular weight excluding hydrogens is 215 g/mol. The van der Waals surface area contributed by atoms with Gasteiger partial charge in [-0.2, -0.15) is 0 Å². The molecule has 2 heteroatoms. The standard InChI is InChI=1S/C14H15OP/c1-11-7-9-13(10-8-11)16-14(15)12-5-3-2-4-6-12/h2-3,5,7-10,16H,4,6H2,1H3. The molecule has 1 nitrogen and oxygen atoms in total. The molecule has 0 aromatic heterocycles. The molecule has 2 rings (SSSR count). The predicted molar refractivity (Wildman–Crippen MR) is 70.6 cm³/mol. The molecule has 82 valence electrons. The van der Waals surface area contributed by atoms with Crippen molar-refractivity contribution in [3.05, 3.63) is 53.6 Å². The van der Waals surface area contributed by atoms with E-state index in [1.165, 1.54) is 5.56 Å². The van der Waals surface area contributed by atoms with E-state index in [1.807, 2.05) is 24.3 Å². The molecule has 1 unspecified atom stereocenters. The Morgan fingerprint density at radius 2 is 2.00 bits per heavy atom. The molecule has 0 N–H and O–H groups in total. The topological polar surface area (TPSA) is 17.1 Å². The molecule has 1 aromatic rings. The number of hydrogen-bond donors (Lipinski definition) is 0. The predicted octanol–water partition coefficient (Wildman–Crippen LogP) is 3.10. The zero-order chi connectivity index (χ0) is 11.4. The van der Waals surface area contributed by atoms with Gasteiger partial charge in [0.05, 0.1) is 0 Å². The molecule has 0 fully saturated rings. The van der Waals surface area contributed by atoms with E-state index >= 15 is 0 Å². The van der Waals surface area contributed by atoms with Gasteiger partial charge in [-0.15, -0.1) is 0 Å². The van der Waals surface area contributed by atoms with Crippen LogP contribution in [0.25, 0.3) is 0 Å². The zero-order valence-electron chi connectivity index (χ0n) is 9.36. The Hall–Kier alpha value is -1.20. The molecule has 0 saturated heterocycles. The zero-order valence-corrected chi connectivity index (χ0v) is 10.4. The molecule has 0 heterocycles. The van der Waals surface area contributed by atoms with Gasteiger partial charge in [0.15, 0.2) is 5.52 Å². The van der Waals surface area contributed by atoms with Crippen LogP contribution >= 0.6 is 8.58 Å². The van der Waals surface area contributed by atoms with E-state index in [0.29, 0.717) is 0 Å². The van der Waals surface area contributed by atoms with Crippen molar-refractivity contribution >= 4 is 19.4 Å². The SMILES string of the molecule is Cc1ccc(PC(=O)C2=CC=CCC2)cc1. The lowest BCUT2D eigenvalue weighted by atomic mass is 10.1. The third kappa shape index (κ3) is 2.90. The second-order valence-electron chi connectivity index (χ2n) is 3.98. The molecule has 1 aliphatic carbocycles. The number of hydrogen-bond acceptors (Lipinski definition) is 1. The summed E-state index contributed by atoms with van der Waals surface area (Å²) in [6.07, 6.45) is 7.93. The monoisotopic (exact) mass is 230 g/mol. The first kappa shape index (κ1) is 11.3. The maximum absolute atomic E-state index is 12.0. The van der Waals surface area contributed by atoms with Crippen molar-refractivity contribution in [1.82, 2.24) is 0 Å². The van der Waals surface area contributed by atoms with Crippen LogP contribution in [0.4, 0.5) is 0 Å². The number of benzene rings is 1. The van der Waals surface area contributed by atoms with Crippen LogP contribution in [0.5, 0.6) is 0 Å². The summed E-state index contributed by atoms with van der Waals surface area (Å²) in [6.45, 7) is 2.06. The molecule has 0 spiro atoms. The fraction of sp³-hybridized carbons (Fsp3) is 0.214. The highest BCUT2D eigenvalue weighted by Gasteiger charge is 2.10. The quantitative estimate of drug-likeness (QED) is 0.729. The van der Waals surface area contributed by atoms with Crippen LogP contribution in [-0.2, 0) is 4.79 Å². The summed E-state index contributed by atoms with van der Waals surface area (Å²) in [5, 5.41) is 1.13. The highest BCUT2D eigenvalue weighted by molar-refractivity contribution is 7.66. The second kappa shape index (κ2) is 5.23. The summed E-state index contributed by atoms with van der Waals surface area (Å²) in [6, 6.07) is 8.21. The van der Waals surface area contributed by atoms with Gasteiger partial charge >= 0.3 is 0 Å². The normalized spacial score (nSPS) is 15.4. The van der Waals surface area contributed by atoms with Crippen molar-refractivity contribution in [1.29, 1.82) is 0 Å². The average molecular weight is 230 g/mol. The molecule has 0 amide bonds. The lowest BCUT2D eigenvalue weighted by Crippen LogP contribution is -2.04. The Bertz CT molecular complexity index is 440. The van der Waals surface area contributed by atoms with Crippen molar-refractivity contribution in [2.24, 2.45) is 0 Å². The number of rotatable bonds is 3. The molecule has 1 atom stereocenters. The summed E-state index contributed by atoms with van der Waals surface area (Å²) in [7, 11) is 0.264. The number of carbonyl (C=O) groups is 1. The summed E-state index contributed by atoms with van der Waals surface area (Å²) in [4.78, 5) is 12.0. The Balaban J connectivity index is 2.04. The van der Waals surface area contributed by atoms with Gasteiger partial charge in [0.1, 0.15) is 0 Å². The maximum atomic E-state index is 12.0. The Morgan fingerprint density at radius 1 is 1.25 bits per heavy atom. The third-order valence-electron chi connectivity index (χ3n) is 2.61. The molecule has 16 heavy (non-hydrogen) atoms. The molecular formula is C14H15OP. The van der Waals surface area contributed by atoms with Crippen LogP contribution in [0.1, 0.15) is 18.4 Å². The van der Waals surface area contributed by atoms with E-state index in [-0.39, 0.29) is 14.1 Å². The smallest absolute Gasteiger partial charge is 0.181 e. The molecule has 0 aliphatic heterocycles. The number of carbonyl (C=O) groups excluding carboxylic acids is 1. The van der Waals surface area contributed by atoms with Gasteiger partial charge < -0.3 is 0 Å². The summed E-state index contributed by atoms with van der Waals surface area (Å²) in [5.41, 5.74) is 2.50. The largest absolute Gasteiger partial charge is 0.289 e. The van der Waals surface area contributed by atoms with E-state index in [1.54, 1.807) is 0 Å². The summed E-state index contributed by atoms with van der Waals surface area (Å²) < 4.78 is 0. The van der Waals surface area contributed by atoms with E-state index in [0.717, 1.165) is 23.7 Å². The van der Waals surface area contributed by atoms with Gasteiger partial charge in [-0.05, 0) is 39.2 Å². The van der Waals surface area contributed by atoms with Crippen LogP contribution in [0.3, 0.4) is 0 Å². The van der Waals surface area contributed by atoms with Crippen molar-refractivity contribution in [3.63, 3.8) is 0 Å². The average Bonchev–Trinajstić information content (AvgIpc) is 2.33. The number of allylic oxidation sites excluding steroid dienone is 4. The summed E-state index contributed by atoms with van der Waals surface area (Å²) >= 11 is 0. The van der Waals surface area contributed by atoms with Crippen LogP contribution in [-0.4, -0.2) is 5.52 Å². The summed E-state index contributed by atoms with van der Waals surface area (Å²) in [5.74, 6) is 0. The van der Waals surface area contributed by atoms with Crippen molar-refractivity contribution < 1.29 is 4.79 Å². The molecule has 0 saturated carbocycles. The van der Waals surface area contributed by atoms with Crippen molar-refractivity contribution in [2.75, 3.05) is 0 Å². The van der Waals surface area contributed by atoms with Crippen LogP contribution in [0, 0.1) is 6.92 Å². The fourth-order valence-electron chi connectivity index (χ4n) is 1.64. The second-order valence-corrected chi connectivity index (χ2v) is 5.26. The van der Waals surface area contributed by atoms with E-state index in [2.05, 4.69) is 25.1 Å². The fourth-order valence-corrected chi connectivity index (χ4v) is 2.60. The minimum Gasteiger partial charge on any atom is -0.289 e. The third-order valence-corrected chi connectivity index (χ3v) is 3.79. The molecule has 1 aliphatic rings. The lowest BCUT2D eigenvalue weighted by molar-refractivity contribution is -0.108. The van der Waals surface area contributed by atoms with E-state index in [9.17, 15) is 4.79 Å². The van der Waals surface area contributed by atoms with Gasteiger partial charge in [0.25, 0.3) is 0 Å².